The molecule has 17 heavy (non-hydrogen) atoms. The predicted octanol–water partition coefficient (Wildman–Crippen LogP) is 2.20. The fourth-order valence-corrected chi connectivity index (χ4v) is 2.79. The summed E-state index contributed by atoms with van der Waals surface area (Å²) in [5.41, 5.74) is 5.85. The number of aliphatic hydroxyl groups excluding tert-OH is 1. The van der Waals surface area contributed by atoms with E-state index in [9.17, 15) is 10.0 Å². The molecule has 0 spiro atoms. The Morgan fingerprint density at radius 1 is 1.41 bits per heavy atom. The van der Waals surface area contributed by atoms with Gasteiger partial charge in [-0.25, -0.2) is 0 Å². The van der Waals surface area contributed by atoms with Gasteiger partial charge in [0.1, 0.15) is 4.87 Å². The highest BCUT2D eigenvalue weighted by atomic mass is 16.3. The van der Waals surface area contributed by atoms with Gasteiger partial charge < -0.3 is 5.11 Å². The zero-order chi connectivity index (χ0) is 12.5. The van der Waals surface area contributed by atoms with Gasteiger partial charge in [-0.15, -0.1) is 5.43 Å². The molecule has 0 unspecified atom stereocenters. The molecule has 4 heteroatoms. The van der Waals surface area contributed by atoms with Gasteiger partial charge in [0.2, 0.25) is 0 Å². The van der Waals surface area contributed by atoms with E-state index in [0.29, 0.717) is 6.42 Å². The van der Waals surface area contributed by atoms with Crippen molar-refractivity contribution in [1.29, 1.82) is 0 Å². The smallest absolute Gasteiger partial charge is 0.259 e. The van der Waals surface area contributed by atoms with Gasteiger partial charge in [-0.05, 0) is 43.3 Å². The minimum absolute atomic E-state index is 0.101. The quantitative estimate of drug-likeness (QED) is 0.724. The molecule has 0 amide bonds. The highest BCUT2D eigenvalue weighted by Crippen LogP contribution is 2.38. The van der Waals surface area contributed by atoms with E-state index in [4.69, 9.17) is 0 Å². The molecule has 0 radical (unpaired) electrons. The lowest BCUT2D eigenvalue weighted by Crippen LogP contribution is -2.42. The minimum atomic E-state index is -0.590. The van der Waals surface area contributed by atoms with Crippen LogP contribution in [0.15, 0.2) is 22.9 Å². The van der Waals surface area contributed by atoms with Crippen molar-refractivity contribution in [3.63, 3.8) is 0 Å². The first-order valence-electron chi connectivity index (χ1n) is 6.33. The molecule has 2 N–H and O–H groups in total. The Labute approximate surface area is 102 Å². The zero-order valence-corrected chi connectivity index (χ0v) is 10.6. The van der Waals surface area contributed by atoms with Crippen LogP contribution in [-0.4, -0.2) is 22.1 Å². The lowest BCUT2D eigenvalue weighted by atomic mass is 9.80. The van der Waals surface area contributed by atoms with Gasteiger partial charge in [-0.2, -0.15) is 0 Å². The number of hydrazine groups is 1. The molecule has 0 bridgehead atoms. The van der Waals surface area contributed by atoms with Crippen molar-refractivity contribution in [3.05, 3.63) is 27.8 Å². The molecule has 94 valence electrons. The van der Waals surface area contributed by atoms with Crippen molar-refractivity contribution < 1.29 is 9.98 Å². The van der Waals surface area contributed by atoms with E-state index in [2.05, 4.69) is 5.43 Å². The number of aliphatic hydroxyl groups is 1. The van der Waals surface area contributed by atoms with Crippen LogP contribution in [0.5, 0.6) is 0 Å². The fraction of sp³-hybridized carbons (Fsp3) is 0.692. The number of allylic oxidation sites excluding steroid dienone is 2. The lowest BCUT2D eigenvalue weighted by molar-refractivity contribution is -0.653. The summed E-state index contributed by atoms with van der Waals surface area (Å²) < 4.78 is 0. The van der Waals surface area contributed by atoms with Crippen LogP contribution in [0.25, 0.3) is 0 Å². The van der Waals surface area contributed by atoms with E-state index in [0.717, 1.165) is 23.3 Å². The molecular weight excluding hydrogens is 216 g/mol. The highest BCUT2D eigenvalue weighted by molar-refractivity contribution is 5.40. The highest BCUT2D eigenvalue weighted by Gasteiger charge is 2.43. The third-order valence-corrected chi connectivity index (χ3v) is 3.84. The number of hydrogen-bond donors (Lipinski definition) is 2. The molecule has 2 rings (SSSR count). The Hall–Kier alpha value is -1.16. The molecule has 1 saturated carbocycles. The summed E-state index contributed by atoms with van der Waals surface area (Å²) in [5.74, 6) is 0. The number of nitroso groups, excluding NO2 is 1. The molecule has 0 atom stereocenters. The van der Waals surface area contributed by atoms with Crippen LogP contribution in [0.1, 0.15) is 46.0 Å². The molecule has 0 aromatic carbocycles. The number of fused-ring (bicyclic) bond motifs is 1. The normalized spacial score (nSPS) is 23.7. The van der Waals surface area contributed by atoms with Crippen LogP contribution in [-0.2, 0) is 0 Å². The van der Waals surface area contributed by atoms with Crippen molar-refractivity contribution >= 4 is 0 Å². The first-order chi connectivity index (χ1) is 8.07. The van der Waals surface area contributed by atoms with Gasteiger partial charge in [-0.3, -0.25) is 0 Å². The average molecular weight is 237 g/mol. The van der Waals surface area contributed by atoms with Crippen molar-refractivity contribution in [2.75, 3.05) is 6.61 Å². The number of hydrogen-bond acceptors (Lipinski definition) is 2. The number of rotatable bonds is 2. The van der Waals surface area contributed by atoms with Gasteiger partial charge >= 0.3 is 0 Å². The van der Waals surface area contributed by atoms with Gasteiger partial charge in [0.05, 0.1) is 11.1 Å². The number of nitrogens with zero attached hydrogens (tertiary/aromatic N) is 1. The Bertz CT molecular complexity index is 394. The lowest BCUT2D eigenvalue weighted by Gasteiger charge is -2.23. The van der Waals surface area contributed by atoms with E-state index in [1.54, 1.807) is 0 Å². The summed E-state index contributed by atoms with van der Waals surface area (Å²) >= 11 is 0. The van der Waals surface area contributed by atoms with Gasteiger partial charge in [0.15, 0.2) is 0 Å². The molecular formula is C13H21N2O2+. The summed E-state index contributed by atoms with van der Waals surface area (Å²) in [4.78, 5) is 12.9. The van der Waals surface area contributed by atoms with E-state index in [-0.39, 0.29) is 6.61 Å². The maximum Gasteiger partial charge on any atom is 0.259 e. The molecule has 1 aliphatic carbocycles. The first-order valence-corrected chi connectivity index (χ1v) is 6.33. The predicted molar refractivity (Wildman–Crippen MR) is 66.1 cm³/mol. The zero-order valence-electron chi connectivity index (χ0n) is 10.6. The third-order valence-electron chi connectivity index (χ3n) is 3.84. The second-order valence-electron chi connectivity index (χ2n) is 5.29. The summed E-state index contributed by atoms with van der Waals surface area (Å²) in [6.07, 6.45) is 6.84. The third kappa shape index (κ3) is 2.14. The molecule has 1 aliphatic heterocycles. The minimum Gasteiger partial charge on any atom is -0.396 e. The molecule has 1 heterocycles. The Morgan fingerprint density at radius 3 is 2.82 bits per heavy atom. The van der Waals surface area contributed by atoms with Crippen LogP contribution >= 0.6 is 0 Å². The second kappa shape index (κ2) is 4.61. The van der Waals surface area contributed by atoms with E-state index >= 15 is 0 Å². The molecule has 0 aromatic heterocycles. The van der Waals surface area contributed by atoms with Crippen LogP contribution < -0.4 is 5.43 Å². The molecule has 0 saturated heterocycles. The van der Waals surface area contributed by atoms with Crippen LogP contribution in [0.2, 0.25) is 0 Å². The monoisotopic (exact) mass is 237 g/mol. The SMILES string of the molecule is CC1(C)C(CCO)=C2CCCCC2=CN[N+]1=O. The second-order valence-corrected chi connectivity index (χ2v) is 5.29. The topological polar surface area (TPSA) is 52.3 Å². The van der Waals surface area contributed by atoms with E-state index < -0.39 is 5.54 Å². The van der Waals surface area contributed by atoms with Crippen LogP contribution in [0.4, 0.5) is 0 Å². The largest absolute Gasteiger partial charge is 0.396 e. The standard InChI is InChI=1S/C13H21N2O2/c1-13(2)12(7-8-16)11-6-4-3-5-10(11)9-14-15(13)17/h9,16H,3-8H2,1-2H3,(H,14,17)/q+1. The molecule has 1 fully saturated rings. The van der Waals surface area contributed by atoms with Gasteiger partial charge in [-0.1, -0.05) is 0 Å². The molecule has 0 aromatic rings. The van der Waals surface area contributed by atoms with Crippen LogP contribution in [0.3, 0.4) is 0 Å². The van der Waals surface area contributed by atoms with Crippen molar-refractivity contribution in [2.45, 2.75) is 51.5 Å². The Morgan fingerprint density at radius 2 is 2.12 bits per heavy atom. The maximum absolute atomic E-state index is 12.0. The fourth-order valence-electron chi connectivity index (χ4n) is 2.79. The number of nitrogens with one attached hydrogen (secondary N) is 1. The Kier molecular flexibility index (Phi) is 3.33. The van der Waals surface area contributed by atoms with Crippen molar-refractivity contribution in [2.24, 2.45) is 0 Å². The van der Waals surface area contributed by atoms with E-state index in [1.807, 2.05) is 20.0 Å². The first kappa shape index (κ1) is 12.3. The summed E-state index contributed by atoms with van der Waals surface area (Å²) in [6, 6.07) is 0. The van der Waals surface area contributed by atoms with E-state index in [1.165, 1.54) is 24.0 Å². The van der Waals surface area contributed by atoms with Crippen molar-refractivity contribution in [1.82, 2.24) is 5.43 Å². The maximum atomic E-state index is 12.0. The van der Waals surface area contributed by atoms with Gasteiger partial charge in [0.25, 0.3) is 5.54 Å². The molecule has 2 aliphatic rings. The van der Waals surface area contributed by atoms with Crippen LogP contribution in [0, 0.1) is 4.91 Å². The summed E-state index contributed by atoms with van der Waals surface area (Å²) in [5, 5.41) is 9.22. The van der Waals surface area contributed by atoms with Gasteiger partial charge in [0, 0.05) is 26.0 Å². The molecule has 4 nitrogen and oxygen atoms in total. The summed E-state index contributed by atoms with van der Waals surface area (Å²) in [7, 11) is 0. The summed E-state index contributed by atoms with van der Waals surface area (Å²) in [6.45, 7) is 3.93. The van der Waals surface area contributed by atoms with Crippen molar-refractivity contribution in [3.8, 4) is 0 Å². The average Bonchev–Trinajstić information content (AvgIpc) is 2.41. The Balaban J connectivity index is 2.49.